The van der Waals surface area contributed by atoms with Crippen LogP contribution in [0.4, 0.5) is 0 Å². The highest BCUT2D eigenvalue weighted by molar-refractivity contribution is 5.80. The zero-order valence-electron chi connectivity index (χ0n) is 6.10. The van der Waals surface area contributed by atoms with E-state index in [9.17, 15) is 4.79 Å². The Morgan fingerprint density at radius 2 is 2.20 bits per heavy atom. The lowest BCUT2D eigenvalue weighted by atomic mass is 10.4. The maximum atomic E-state index is 10.7. The van der Waals surface area contributed by atoms with Gasteiger partial charge in [-0.25, -0.2) is 0 Å². The Morgan fingerprint density at radius 1 is 1.40 bits per heavy atom. The smallest absolute Gasteiger partial charge is 0.223 e. The third-order valence-corrected chi connectivity index (χ3v) is 1.69. The van der Waals surface area contributed by atoms with Gasteiger partial charge in [-0.2, -0.15) is 0 Å². The van der Waals surface area contributed by atoms with E-state index in [4.69, 9.17) is 0 Å². The van der Waals surface area contributed by atoms with Gasteiger partial charge in [-0.1, -0.05) is 0 Å². The first kappa shape index (κ1) is 7.54. The number of carbonyl (C=O) groups excluding carboxylic acids is 1. The molecule has 0 aromatic rings. The predicted octanol–water partition coefficient (Wildman–Crippen LogP) is -0.358. The number of carbonyl (C=O) groups is 1. The zero-order valence-corrected chi connectivity index (χ0v) is 6.10. The van der Waals surface area contributed by atoms with Crippen LogP contribution in [0.15, 0.2) is 0 Å². The minimum absolute atomic E-state index is 0.0521. The topological polar surface area (TPSA) is 32.3 Å². The molecule has 3 nitrogen and oxygen atoms in total. The Balaban J connectivity index is 2.35. The molecular formula is C7H13N2O. The average molecular weight is 141 g/mol. The van der Waals surface area contributed by atoms with E-state index in [-0.39, 0.29) is 5.91 Å². The molecule has 0 unspecified atom stereocenters. The summed E-state index contributed by atoms with van der Waals surface area (Å²) < 4.78 is 0. The molecule has 1 radical (unpaired) electrons. The van der Waals surface area contributed by atoms with Crippen molar-refractivity contribution in [2.75, 3.05) is 26.2 Å². The highest BCUT2D eigenvalue weighted by Crippen LogP contribution is 1.94. The van der Waals surface area contributed by atoms with Crippen molar-refractivity contribution in [3.8, 4) is 0 Å². The number of nitrogens with one attached hydrogen (secondary N) is 1. The van der Waals surface area contributed by atoms with Gasteiger partial charge in [0.25, 0.3) is 0 Å². The molecule has 3 heteroatoms. The summed E-state index contributed by atoms with van der Waals surface area (Å²) in [6.07, 6.45) is 1.04. The van der Waals surface area contributed by atoms with Crippen LogP contribution in [0.1, 0.15) is 6.42 Å². The number of nitrogens with zero attached hydrogens (tertiary/aromatic N) is 1. The van der Waals surface area contributed by atoms with E-state index in [1.165, 1.54) is 0 Å². The first-order valence-electron chi connectivity index (χ1n) is 3.62. The van der Waals surface area contributed by atoms with Crippen LogP contribution in [-0.2, 0) is 4.79 Å². The molecule has 1 fully saturated rings. The summed E-state index contributed by atoms with van der Waals surface area (Å²) in [7, 11) is 0. The minimum Gasteiger partial charge on any atom is -0.341 e. The average Bonchev–Trinajstić information content (AvgIpc) is 2.12. The number of hydrogen-bond acceptors (Lipinski definition) is 2. The molecule has 57 valence electrons. The molecule has 0 aromatic heterocycles. The summed E-state index contributed by atoms with van der Waals surface area (Å²) in [5.41, 5.74) is 0. The van der Waals surface area contributed by atoms with Crippen LogP contribution in [0.2, 0.25) is 0 Å². The molecular weight excluding hydrogens is 128 g/mol. The van der Waals surface area contributed by atoms with E-state index in [0.717, 1.165) is 32.6 Å². The lowest BCUT2D eigenvalue weighted by molar-refractivity contribution is -0.126. The largest absolute Gasteiger partial charge is 0.341 e. The number of hydrogen-bond donors (Lipinski definition) is 1. The van der Waals surface area contributed by atoms with Crippen LogP contribution in [0, 0.1) is 6.92 Å². The first-order chi connectivity index (χ1) is 4.80. The SMILES string of the molecule is [CH2]C(=O)N1CCCNCC1. The van der Waals surface area contributed by atoms with E-state index in [1.807, 2.05) is 0 Å². The van der Waals surface area contributed by atoms with Crippen molar-refractivity contribution >= 4 is 5.91 Å². The Labute approximate surface area is 61.4 Å². The Kier molecular flexibility index (Phi) is 2.68. The minimum atomic E-state index is -0.0521. The molecule has 1 aliphatic heterocycles. The molecule has 0 spiro atoms. The summed E-state index contributed by atoms with van der Waals surface area (Å²) >= 11 is 0. The Morgan fingerprint density at radius 3 is 2.90 bits per heavy atom. The monoisotopic (exact) mass is 141 g/mol. The molecule has 1 heterocycles. The molecule has 1 rings (SSSR count). The van der Waals surface area contributed by atoms with Crippen LogP contribution in [0.25, 0.3) is 0 Å². The number of rotatable bonds is 0. The highest BCUT2D eigenvalue weighted by Gasteiger charge is 2.09. The van der Waals surface area contributed by atoms with E-state index >= 15 is 0 Å². The normalized spacial score (nSPS) is 20.3. The van der Waals surface area contributed by atoms with Gasteiger partial charge in [0, 0.05) is 26.6 Å². The standard InChI is InChI=1S/C7H13N2O/c1-7(10)9-5-2-3-8-4-6-9/h8H,1-6H2. The van der Waals surface area contributed by atoms with Crippen molar-refractivity contribution in [3.05, 3.63) is 6.92 Å². The van der Waals surface area contributed by atoms with E-state index in [1.54, 1.807) is 4.90 Å². The highest BCUT2D eigenvalue weighted by atomic mass is 16.2. The molecule has 1 aliphatic rings. The maximum Gasteiger partial charge on any atom is 0.223 e. The van der Waals surface area contributed by atoms with Gasteiger partial charge in [-0.15, -0.1) is 0 Å². The van der Waals surface area contributed by atoms with Crippen LogP contribution in [0.5, 0.6) is 0 Å². The van der Waals surface area contributed by atoms with Crippen molar-refractivity contribution < 1.29 is 4.79 Å². The van der Waals surface area contributed by atoms with Crippen molar-refractivity contribution in [2.45, 2.75) is 6.42 Å². The van der Waals surface area contributed by atoms with Gasteiger partial charge in [-0.05, 0) is 13.0 Å². The van der Waals surface area contributed by atoms with Crippen LogP contribution in [0.3, 0.4) is 0 Å². The zero-order chi connectivity index (χ0) is 7.40. The molecule has 1 N–H and O–H groups in total. The van der Waals surface area contributed by atoms with E-state index < -0.39 is 0 Å². The third-order valence-electron chi connectivity index (χ3n) is 1.69. The summed E-state index contributed by atoms with van der Waals surface area (Å²) in [4.78, 5) is 12.5. The molecule has 0 saturated carbocycles. The van der Waals surface area contributed by atoms with Gasteiger partial charge in [-0.3, -0.25) is 4.79 Å². The van der Waals surface area contributed by atoms with Gasteiger partial charge >= 0.3 is 0 Å². The van der Waals surface area contributed by atoms with Gasteiger partial charge in [0.1, 0.15) is 0 Å². The summed E-state index contributed by atoms with van der Waals surface area (Å²) in [5, 5.41) is 3.21. The van der Waals surface area contributed by atoms with E-state index in [2.05, 4.69) is 12.2 Å². The van der Waals surface area contributed by atoms with Gasteiger partial charge < -0.3 is 10.2 Å². The van der Waals surface area contributed by atoms with Crippen molar-refractivity contribution in [3.63, 3.8) is 0 Å². The van der Waals surface area contributed by atoms with Crippen molar-refractivity contribution in [2.24, 2.45) is 0 Å². The molecule has 0 bridgehead atoms. The summed E-state index contributed by atoms with van der Waals surface area (Å²) in [5.74, 6) is -0.0521. The second-order valence-electron chi connectivity index (χ2n) is 2.48. The van der Waals surface area contributed by atoms with E-state index in [0.29, 0.717) is 0 Å². The fourth-order valence-electron chi connectivity index (χ4n) is 1.10. The van der Waals surface area contributed by atoms with Crippen molar-refractivity contribution in [1.82, 2.24) is 10.2 Å². The van der Waals surface area contributed by atoms with Crippen LogP contribution >= 0.6 is 0 Å². The maximum absolute atomic E-state index is 10.7. The van der Waals surface area contributed by atoms with Crippen LogP contribution < -0.4 is 5.32 Å². The molecule has 1 amide bonds. The van der Waals surface area contributed by atoms with Crippen molar-refractivity contribution in [1.29, 1.82) is 0 Å². The third kappa shape index (κ3) is 1.99. The van der Waals surface area contributed by atoms with Gasteiger partial charge in [0.05, 0.1) is 0 Å². The summed E-state index contributed by atoms with van der Waals surface area (Å²) in [6, 6.07) is 0. The Bertz CT molecular complexity index is 117. The molecule has 0 aromatic carbocycles. The fraction of sp³-hybridized carbons (Fsp3) is 0.714. The lowest BCUT2D eigenvalue weighted by Crippen LogP contribution is -2.32. The molecule has 10 heavy (non-hydrogen) atoms. The van der Waals surface area contributed by atoms with Gasteiger partial charge in [0.2, 0.25) is 5.91 Å². The fourth-order valence-corrected chi connectivity index (χ4v) is 1.10. The molecule has 0 aliphatic carbocycles. The Hall–Kier alpha value is -0.570. The number of amides is 1. The second kappa shape index (κ2) is 3.56. The molecule has 0 atom stereocenters. The van der Waals surface area contributed by atoms with Gasteiger partial charge in [0.15, 0.2) is 0 Å². The van der Waals surface area contributed by atoms with Crippen LogP contribution in [-0.4, -0.2) is 37.0 Å². The second-order valence-corrected chi connectivity index (χ2v) is 2.48. The first-order valence-corrected chi connectivity index (χ1v) is 3.62. The predicted molar refractivity (Wildman–Crippen MR) is 39.4 cm³/mol. The molecule has 1 saturated heterocycles. The quantitative estimate of drug-likeness (QED) is 0.500. The summed E-state index contributed by atoms with van der Waals surface area (Å²) in [6.45, 7) is 6.95. The lowest BCUT2D eigenvalue weighted by Gasteiger charge is -2.16.